The molecular weight excluding hydrogens is 456 g/mol. The smallest absolute Gasteiger partial charge is 0.286 e. The molecule has 10 heteroatoms. The molecule has 0 aliphatic carbocycles. The number of nitrogens with one attached hydrogen (secondary N) is 1. The number of amides is 3. The molecule has 1 atom stereocenters. The van der Waals surface area contributed by atoms with Gasteiger partial charge in [0, 0.05) is 28.4 Å². The summed E-state index contributed by atoms with van der Waals surface area (Å²) in [5.74, 6) is 2.78. The van der Waals surface area contributed by atoms with Gasteiger partial charge in [0.25, 0.3) is 5.91 Å². The van der Waals surface area contributed by atoms with Crippen molar-refractivity contribution in [3.63, 3.8) is 0 Å². The summed E-state index contributed by atoms with van der Waals surface area (Å²) in [6.07, 6.45) is 2.70. The number of aromatic hydroxyl groups is 1. The second-order valence-corrected chi connectivity index (χ2v) is 9.22. The molecule has 9 nitrogen and oxygen atoms in total. The van der Waals surface area contributed by atoms with Crippen molar-refractivity contribution in [2.45, 2.75) is 4.90 Å². The predicted octanol–water partition coefficient (Wildman–Crippen LogP) is 1.46. The Hall–Kier alpha value is -4.49. The summed E-state index contributed by atoms with van der Waals surface area (Å²) in [4.78, 5) is 40.2. The number of carbonyl (C=O) groups excluding carboxylic acids is 3. The van der Waals surface area contributed by atoms with Crippen LogP contribution in [-0.4, -0.2) is 44.3 Å². The molecule has 34 heavy (non-hydrogen) atoms. The Kier molecular flexibility index (Phi) is 7.74. The molecule has 0 fully saturated rings. The van der Waals surface area contributed by atoms with Gasteiger partial charge in [0.1, 0.15) is 11.5 Å². The summed E-state index contributed by atoms with van der Waals surface area (Å²) in [5.41, 5.74) is 6.02. The molecule has 0 unspecified atom stereocenters. The highest BCUT2D eigenvalue weighted by molar-refractivity contribution is 7.94. The number of pyridine rings is 1. The fraction of sp³-hybridized carbons (Fsp3) is 0.0833. The average Bonchev–Trinajstić information content (AvgIpc) is 2.82. The Morgan fingerprint density at radius 3 is 2.44 bits per heavy atom. The van der Waals surface area contributed by atoms with Gasteiger partial charge in [0.15, 0.2) is 0 Å². The number of rotatable bonds is 6. The van der Waals surface area contributed by atoms with E-state index in [2.05, 4.69) is 26.5 Å². The van der Waals surface area contributed by atoms with Gasteiger partial charge in [0.05, 0.1) is 21.8 Å². The molecule has 3 aromatic rings. The highest BCUT2D eigenvalue weighted by Crippen LogP contribution is 2.16. The zero-order valence-corrected chi connectivity index (χ0v) is 18.6. The maximum Gasteiger partial charge on any atom is 0.286 e. The lowest BCUT2D eigenvalue weighted by Crippen LogP contribution is -2.36. The number of hydrogen-bond acceptors (Lipinski definition) is 6. The first-order chi connectivity index (χ1) is 16.2. The summed E-state index contributed by atoms with van der Waals surface area (Å²) in [6, 6.07) is 15.7. The number of carbonyl (C=O) groups is 3. The van der Waals surface area contributed by atoms with Crippen LogP contribution >= 0.6 is 0 Å². The van der Waals surface area contributed by atoms with Crippen LogP contribution in [0.5, 0.6) is 5.75 Å². The normalized spacial score (nSPS) is 11.9. The molecule has 1 heterocycles. The number of nitrogens with zero attached hydrogens (tertiary/aromatic N) is 2. The topological polar surface area (TPSA) is 152 Å². The number of benzene rings is 2. The highest BCUT2D eigenvalue weighted by atomic mass is 32.2. The molecule has 1 aromatic heterocycles. The van der Waals surface area contributed by atoms with Gasteiger partial charge in [-0.2, -0.15) is 4.36 Å². The van der Waals surface area contributed by atoms with Crippen molar-refractivity contribution in [3.05, 3.63) is 89.7 Å². The van der Waals surface area contributed by atoms with Crippen LogP contribution in [0.4, 0.5) is 0 Å². The van der Waals surface area contributed by atoms with Crippen molar-refractivity contribution in [2.75, 3.05) is 12.3 Å². The SMILES string of the molecule is NC(=O)CNC(=O)C[S@@](=O)(=NC(=O)c1cncc(C#Cc2cccc(O)c2)c1)c1ccccc1. The average molecular weight is 477 g/mol. The fourth-order valence-corrected chi connectivity index (χ4v) is 4.51. The second kappa shape index (κ2) is 10.9. The van der Waals surface area contributed by atoms with Crippen molar-refractivity contribution < 1.29 is 23.7 Å². The number of hydrogen-bond donors (Lipinski definition) is 3. The first-order valence-electron chi connectivity index (χ1n) is 9.90. The maximum absolute atomic E-state index is 13.6. The molecule has 0 bridgehead atoms. The van der Waals surface area contributed by atoms with E-state index in [0.29, 0.717) is 11.1 Å². The summed E-state index contributed by atoms with van der Waals surface area (Å²) in [5, 5.41) is 11.8. The quantitative estimate of drug-likeness (QED) is 0.458. The van der Waals surface area contributed by atoms with Crippen LogP contribution in [0.2, 0.25) is 0 Å². The Bertz CT molecular complexity index is 1420. The third-order valence-electron chi connectivity index (χ3n) is 4.31. The van der Waals surface area contributed by atoms with Gasteiger partial charge in [-0.15, -0.1) is 0 Å². The summed E-state index contributed by atoms with van der Waals surface area (Å²) >= 11 is 0. The number of primary amides is 1. The second-order valence-electron chi connectivity index (χ2n) is 7.00. The Morgan fingerprint density at radius 1 is 1.00 bits per heavy atom. The van der Waals surface area contributed by atoms with Gasteiger partial charge >= 0.3 is 0 Å². The number of aromatic nitrogens is 1. The Balaban J connectivity index is 1.92. The van der Waals surface area contributed by atoms with E-state index < -0.39 is 39.7 Å². The van der Waals surface area contributed by atoms with E-state index in [4.69, 9.17) is 5.73 Å². The third-order valence-corrected chi connectivity index (χ3v) is 6.43. The minimum atomic E-state index is -3.52. The van der Waals surface area contributed by atoms with Crippen molar-refractivity contribution in [3.8, 4) is 17.6 Å². The van der Waals surface area contributed by atoms with E-state index in [1.54, 1.807) is 30.3 Å². The fourth-order valence-electron chi connectivity index (χ4n) is 2.76. The van der Waals surface area contributed by atoms with Gasteiger partial charge in [0.2, 0.25) is 11.8 Å². The molecule has 0 radical (unpaired) electrons. The van der Waals surface area contributed by atoms with Crippen molar-refractivity contribution in [2.24, 2.45) is 10.1 Å². The minimum Gasteiger partial charge on any atom is -0.508 e. The lowest BCUT2D eigenvalue weighted by atomic mass is 10.1. The van der Waals surface area contributed by atoms with Crippen molar-refractivity contribution in [1.82, 2.24) is 10.3 Å². The van der Waals surface area contributed by atoms with Crippen LogP contribution in [0.3, 0.4) is 0 Å². The van der Waals surface area contributed by atoms with Crippen LogP contribution in [-0.2, 0) is 19.3 Å². The zero-order chi connectivity index (χ0) is 24.6. The van der Waals surface area contributed by atoms with Gasteiger partial charge in [-0.1, -0.05) is 36.1 Å². The predicted molar refractivity (Wildman–Crippen MR) is 125 cm³/mol. The number of phenols is 1. The first kappa shape index (κ1) is 24.2. The maximum atomic E-state index is 13.6. The van der Waals surface area contributed by atoms with Gasteiger partial charge < -0.3 is 16.2 Å². The summed E-state index contributed by atoms with van der Waals surface area (Å²) in [7, 11) is -3.52. The van der Waals surface area contributed by atoms with Gasteiger partial charge in [-0.3, -0.25) is 19.4 Å². The molecule has 3 rings (SSSR count). The Labute approximate surface area is 196 Å². The molecular formula is C24H20N4O5S. The van der Waals surface area contributed by atoms with Crippen LogP contribution in [0.15, 0.2) is 82.3 Å². The Morgan fingerprint density at radius 2 is 1.74 bits per heavy atom. The van der Waals surface area contributed by atoms with Crippen LogP contribution < -0.4 is 11.1 Å². The summed E-state index contributed by atoms with van der Waals surface area (Å²) < 4.78 is 17.5. The molecule has 0 saturated carbocycles. The molecule has 0 saturated heterocycles. The van der Waals surface area contributed by atoms with Crippen LogP contribution in [0.1, 0.15) is 21.5 Å². The monoisotopic (exact) mass is 476 g/mol. The van der Waals surface area contributed by atoms with Gasteiger partial charge in [-0.05, 0) is 36.4 Å². The molecule has 4 N–H and O–H groups in total. The van der Waals surface area contributed by atoms with E-state index in [0.717, 1.165) is 0 Å². The largest absolute Gasteiger partial charge is 0.508 e. The van der Waals surface area contributed by atoms with Crippen LogP contribution in [0, 0.1) is 11.8 Å². The van der Waals surface area contributed by atoms with Crippen molar-refractivity contribution >= 4 is 27.5 Å². The van der Waals surface area contributed by atoms with E-state index in [1.807, 2.05) is 0 Å². The van der Waals surface area contributed by atoms with E-state index in [-0.39, 0.29) is 16.2 Å². The van der Waals surface area contributed by atoms with E-state index >= 15 is 0 Å². The summed E-state index contributed by atoms with van der Waals surface area (Å²) in [6.45, 7) is -0.430. The standard InChI is InChI=1S/C24H20N4O5S/c25-22(30)15-27-23(31)16-34(33,21-7-2-1-3-8-21)28-24(32)19-11-18(13-26-14-19)10-9-17-5-4-6-20(29)12-17/h1-8,11-14,29H,15-16H2,(H2,25,30)(H,27,31)/t34-/m0/s1. The molecule has 2 aromatic carbocycles. The van der Waals surface area contributed by atoms with Gasteiger partial charge in [-0.25, -0.2) is 4.21 Å². The lowest BCUT2D eigenvalue weighted by Gasteiger charge is -2.10. The minimum absolute atomic E-state index is 0.0314. The zero-order valence-electron chi connectivity index (χ0n) is 17.8. The molecule has 0 aliphatic rings. The third kappa shape index (κ3) is 6.75. The lowest BCUT2D eigenvalue weighted by molar-refractivity contribution is -0.123. The van der Waals surface area contributed by atoms with E-state index in [1.165, 1.54) is 42.7 Å². The number of nitrogens with two attached hydrogens (primary N) is 1. The number of phenolic OH excluding ortho intramolecular Hbond substituents is 1. The molecule has 0 spiro atoms. The highest BCUT2D eigenvalue weighted by Gasteiger charge is 2.21. The first-order valence-corrected chi connectivity index (χ1v) is 11.6. The van der Waals surface area contributed by atoms with Crippen molar-refractivity contribution in [1.29, 1.82) is 0 Å². The molecule has 172 valence electrons. The molecule has 0 aliphatic heterocycles. The van der Waals surface area contributed by atoms with E-state index in [9.17, 15) is 23.7 Å². The molecule has 3 amide bonds. The van der Waals surface area contributed by atoms with Crippen LogP contribution in [0.25, 0.3) is 0 Å².